The molecule has 0 heterocycles. The molecule has 0 radical (unpaired) electrons. The second kappa shape index (κ2) is 7.30. The van der Waals surface area contributed by atoms with Gasteiger partial charge in [-0.3, -0.25) is 4.79 Å². The SMILES string of the molecule is CCN(Cc1cccc(Cl)c1)C(=O)CCCO. The Morgan fingerprint density at radius 1 is 1.47 bits per heavy atom. The number of nitrogens with zero attached hydrogens (tertiary/aromatic N) is 1. The Labute approximate surface area is 107 Å². The minimum Gasteiger partial charge on any atom is -0.396 e. The van der Waals surface area contributed by atoms with Gasteiger partial charge in [-0.15, -0.1) is 0 Å². The van der Waals surface area contributed by atoms with Gasteiger partial charge in [0.2, 0.25) is 5.91 Å². The summed E-state index contributed by atoms with van der Waals surface area (Å²) in [5.74, 6) is 0.0709. The number of hydrogen-bond acceptors (Lipinski definition) is 2. The fraction of sp³-hybridized carbons (Fsp3) is 0.462. The maximum atomic E-state index is 11.8. The molecule has 0 aromatic heterocycles. The third-order valence-electron chi connectivity index (χ3n) is 2.55. The summed E-state index contributed by atoms with van der Waals surface area (Å²) in [6, 6.07) is 7.51. The number of aliphatic hydroxyl groups is 1. The van der Waals surface area contributed by atoms with E-state index in [1.165, 1.54) is 0 Å². The standard InChI is InChI=1S/C13H18ClNO2/c1-2-15(13(17)7-4-8-16)10-11-5-3-6-12(14)9-11/h3,5-6,9,16H,2,4,7-8,10H2,1H3. The monoisotopic (exact) mass is 255 g/mol. The van der Waals surface area contributed by atoms with E-state index < -0.39 is 0 Å². The van der Waals surface area contributed by atoms with Crippen molar-refractivity contribution in [2.75, 3.05) is 13.2 Å². The lowest BCUT2D eigenvalue weighted by molar-refractivity contribution is -0.131. The molecule has 0 aliphatic heterocycles. The molecule has 1 N–H and O–H groups in total. The molecule has 0 bridgehead atoms. The normalized spacial score (nSPS) is 10.3. The Kier molecular flexibility index (Phi) is 6.01. The van der Waals surface area contributed by atoms with E-state index in [-0.39, 0.29) is 12.5 Å². The van der Waals surface area contributed by atoms with Gasteiger partial charge in [-0.25, -0.2) is 0 Å². The topological polar surface area (TPSA) is 40.5 Å². The van der Waals surface area contributed by atoms with Crippen LogP contribution < -0.4 is 0 Å². The molecule has 4 heteroatoms. The van der Waals surface area contributed by atoms with E-state index >= 15 is 0 Å². The second-order valence-corrected chi connectivity index (χ2v) is 4.30. The van der Waals surface area contributed by atoms with E-state index in [1.54, 1.807) is 4.90 Å². The lowest BCUT2D eigenvalue weighted by atomic mass is 10.2. The van der Waals surface area contributed by atoms with Crippen molar-refractivity contribution in [1.82, 2.24) is 4.90 Å². The maximum Gasteiger partial charge on any atom is 0.222 e. The van der Waals surface area contributed by atoms with Crippen LogP contribution in [0.4, 0.5) is 0 Å². The molecule has 1 aromatic rings. The van der Waals surface area contributed by atoms with Gasteiger partial charge < -0.3 is 10.0 Å². The fourth-order valence-corrected chi connectivity index (χ4v) is 1.83. The summed E-state index contributed by atoms with van der Waals surface area (Å²) in [4.78, 5) is 13.6. The van der Waals surface area contributed by atoms with Crippen molar-refractivity contribution in [2.45, 2.75) is 26.3 Å². The smallest absolute Gasteiger partial charge is 0.222 e. The van der Waals surface area contributed by atoms with Crippen LogP contribution in [0.2, 0.25) is 5.02 Å². The zero-order valence-electron chi connectivity index (χ0n) is 10.0. The molecule has 0 aliphatic carbocycles. The highest BCUT2D eigenvalue weighted by atomic mass is 35.5. The molecule has 1 rings (SSSR count). The van der Waals surface area contributed by atoms with Crippen LogP contribution in [0.1, 0.15) is 25.3 Å². The van der Waals surface area contributed by atoms with Crippen LogP contribution in [0.25, 0.3) is 0 Å². The predicted octanol–water partition coefficient (Wildman–Crippen LogP) is 2.46. The molecule has 0 saturated heterocycles. The van der Waals surface area contributed by atoms with Crippen LogP contribution in [0.3, 0.4) is 0 Å². The number of hydrogen-bond donors (Lipinski definition) is 1. The third-order valence-corrected chi connectivity index (χ3v) is 2.78. The number of rotatable bonds is 6. The number of carbonyl (C=O) groups is 1. The van der Waals surface area contributed by atoms with E-state index in [4.69, 9.17) is 16.7 Å². The van der Waals surface area contributed by atoms with E-state index in [2.05, 4.69) is 0 Å². The Morgan fingerprint density at radius 2 is 2.24 bits per heavy atom. The Hall–Kier alpha value is -1.06. The molecule has 0 saturated carbocycles. The number of halogens is 1. The van der Waals surface area contributed by atoms with Crippen LogP contribution >= 0.6 is 11.6 Å². The molecular weight excluding hydrogens is 238 g/mol. The minimum atomic E-state index is 0.0560. The van der Waals surface area contributed by atoms with E-state index in [0.29, 0.717) is 31.0 Å². The minimum absolute atomic E-state index is 0.0560. The van der Waals surface area contributed by atoms with Crippen LogP contribution in [0.15, 0.2) is 24.3 Å². The van der Waals surface area contributed by atoms with Crippen LogP contribution in [0, 0.1) is 0 Å². The Bertz CT molecular complexity index is 368. The molecule has 17 heavy (non-hydrogen) atoms. The van der Waals surface area contributed by atoms with Gasteiger partial charge in [-0.1, -0.05) is 23.7 Å². The first kappa shape index (κ1) is 14.0. The van der Waals surface area contributed by atoms with Gasteiger partial charge in [0.15, 0.2) is 0 Å². The van der Waals surface area contributed by atoms with E-state index in [9.17, 15) is 4.79 Å². The summed E-state index contributed by atoms with van der Waals surface area (Å²) in [7, 11) is 0. The summed E-state index contributed by atoms with van der Waals surface area (Å²) < 4.78 is 0. The zero-order chi connectivity index (χ0) is 12.7. The van der Waals surface area contributed by atoms with E-state index in [0.717, 1.165) is 5.56 Å². The molecule has 0 atom stereocenters. The number of carbonyl (C=O) groups excluding carboxylic acids is 1. The van der Waals surface area contributed by atoms with Crippen molar-refractivity contribution < 1.29 is 9.90 Å². The first-order valence-electron chi connectivity index (χ1n) is 5.80. The van der Waals surface area contributed by atoms with Gasteiger partial charge in [-0.2, -0.15) is 0 Å². The summed E-state index contributed by atoms with van der Waals surface area (Å²) in [6.07, 6.45) is 0.912. The molecule has 0 spiro atoms. The maximum absolute atomic E-state index is 11.8. The summed E-state index contributed by atoms with van der Waals surface area (Å²) in [5, 5.41) is 9.39. The van der Waals surface area contributed by atoms with Gasteiger partial charge in [0.05, 0.1) is 0 Å². The number of benzene rings is 1. The molecular formula is C13H18ClNO2. The van der Waals surface area contributed by atoms with E-state index in [1.807, 2.05) is 31.2 Å². The quantitative estimate of drug-likeness (QED) is 0.848. The lowest BCUT2D eigenvalue weighted by Gasteiger charge is -2.21. The van der Waals surface area contributed by atoms with Gasteiger partial charge in [0.25, 0.3) is 0 Å². The molecule has 1 aromatic carbocycles. The molecule has 3 nitrogen and oxygen atoms in total. The van der Waals surface area contributed by atoms with Crippen LogP contribution in [0.5, 0.6) is 0 Å². The van der Waals surface area contributed by atoms with Crippen LogP contribution in [-0.4, -0.2) is 29.1 Å². The van der Waals surface area contributed by atoms with Crippen molar-refractivity contribution in [1.29, 1.82) is 0 Å². The average Bonchev–Trinajstić information content (AvgIpc) is 2.33. The number of amides is 1. The molecule has 0 fully saturated rings. The van der Waals surface area contributed by atoms with Gasteiger partial charge in [0, 0.05) is 31.1 Å². The fourth-order valence-electron chi connectivity index (χ4n) is 1.62. The summed E-state index contributed by atoms with van der Waals surface area (Å²) in [6.45, 7) is 3.24. The highest BCUT2D eigenvalue weighted by Crippen LogP contribution is 2.13. The zero-order valence-corrected chi connectivity index (χ0v) is 10.8. The van der Waals surface area contributed by atoms with Crippen LogP contribution in [-0.2, 0) is 11.3 Å². The molecule has 94 valence electrons. The van der Waals surface area contributed by atoms with Gasteiger partial charge in [0.1, 0.15) is 0 Å². The predicted molar refractivity (Wildman–Crippen MR) is 68.9 cm³/mol. The lowest BCUT2D eigenvalue weighted by Crippen LogP contribution is -2.30. The Balaban J connectivity index is 2.60. The molecule has 0 aliphatic rings. The third kappa shape index (κ3) is 4.75. The van der Waals surface area contributed by atoms with Crippen molar-refractivity contribution >= 4 is 17.5 Å². The first-order chi connectivity index (χ1) is 8.17. The van der Waals surface area contributed by atoms with Gasteiger partial charge in [-0.05, 0) is 31.0 Å². The molecule has 0 unspecified atom stereocenters. The first-order valence-corrected chi connectivity index (χ1v) is 6.18. The van der Waals surface area contributed by atoms with Crippen molar-refractivity contribution in [3.8, 4) is 0 Å². The Morgan fingerprint density at radius 3 is 2.82 bits per heavy atom. The highest BCUT2D eigenvalue weighted by molar-refractivity contribution is 6.30. The second-order valence-electron chi connectivity index (χ2n) is 3.86. The highest BCUT2D eigenvalue weighted by Gasteiger charge is 2.11. The summed E-state index contributed by atoms with van der Waals surface area (Å²) >= 11 is 5.90. The van der Waals surface area contributed by atoms with Crippen molar-refractivity contribution in [2.24, 2.45) is 0 Å². The average molecular weight is 256 g/mol. The largest absolute Gasteiger partial charge is 0.396 e. The van der Waals surface area contributed by atoms with Crippen molar-refractivity contribution in [3.63, 3.8) is 0 Å². The summed E-state index contributed by atoms with van der Waals surface area (Å²) in [5.41, 5.74) is 1.02. The van der Waals surface area contributed by atoms with Gasteiger partial charge >= 0.3 is 0 Å². The number of aliphatic hydroxyl groups excluding tert-OH is 1. The molecule has 1 amide bonds. The van der Waals surface area contributed by atoms with Crippen molar-refractivity contribution in [3.05, 3.63) is 34.9 Å².